The Morgan fingerprint density at radius 1 is 1.15 bits per heavy atom. The molecule has 1 heterocycles. The van der Waals surface area contributed by atoms with Crippen molar-refractivity contribution in [3.63, 3.8) is 0 Å². The van der Waals surface area contributed by atoms with E-state index in [1.807, 2.05) is 32.9 Å². The Kier molecular flexibility index (Phi) is 5.15. The fourth-order valence-electron chi connectivity index (χ4n) is 3.51. The van der Waals surface area contributed by atoms with Gasteiger partial charge in [-0.2, -0.15) is 0 Å². The first-order valence-electron chi connectivity index (χ1n) is 8.77. The van der Waals surface area contributed by atoms with Crippen LogP contribution in [0.5, 0.6) is 11.6 Å². The molecule has 1 aliphatic rings. The Balaban J connectivity index is 1.94. The highest BCUT2D eigenvalue weighted by Crippen LogP contribution is 2.40. The van der Waals surface area contributed by atoms with Gasteiger partial charge in [0.15, 0.2) is 0 Å². The molecule has 26 heavy (non-hydrogen) atoms. The van der Waals surface area contributed by atoms with Gasteiger partial charge in [-0.3, -0.25) is 9.59 Å². The summed E-state index contributed by atoms with van der Waals surface area (Å²) in [6.07, 6.45) is 3.08. The monoisotopic (exact) mass is 371 g/mol. The van der Waals surface area contributed by atoms with Crippen LogP contribution in [0.25, 0.3) is 0 Å². The molecule has 0 radical (unpaired) electrons. The van der Waals surface area contributed by atoms with Crippen LogP contribution in [0.2, 0.25) is 5.02 Å². The summed E-state index contributed by atoms with van der Waals surface area (Å²) in [5, 5.41) is 0.528. The number of ether oxygens (including phenoxy) is 1. The molecule has 0 spiro atoms. The Labute approximate surface area is 158 Å². The maximum Gasteiger partial charge on any atom is 0.219 e. The SMILES string of the molecule is CCc1ccc(Oc2ccc(Cl)cn2)cc1C1C(=O)CC(C)(C)CC1=O. The minimum atomic E-state index is -0.695. The third-order valence-electron chi connectivity index (χ3n) is 4.68. The molecule has 1 aliphatic carbocycles. The lowest BCUT2D eigenvalue weighted by Gasteiger charge is -2.33. The van der Waals surface area contributed by atoms with Gasteiger partial charge in [-0.15, -0.1) is 0 Å². The third kappa shape index (κ3) is 3.96. The number of nitrogens with zero attached hydrogens (tertiary/aromatic N) is 1. The Morgan fingerprint density at radius 3 is 2.42 bits per heavy atom. The van der Waals surface area contributed by atoms with E-state index in [9.17, 15) is 9.59 Å². The molecule has 4 nitrogen and oxygen atoms in total. The number of carbonyl (C=O) groups excluding carboxylic acids is 2. The lowest BCUT2D eigenvalue weighted by Crippen LogP contribution is -2.36. The zero-order valence-electron chi connectivity index (χ0n) is 15.2. The number of carbonyl (C=O) groups is 2. The van der Waals surface area contributed by atoms with Gasteiger partial charge in [0, 0.05) is 25.1 Å². The topological polar surface area (TPSA) is 56.3 Å². The van der Waals surface area contributed by atoms with Crippen molar-refractivity contribution in [3.05, 3.63) is 52.7 Å². The highest BCUT2D eigenvalue weighted by atomic mass is 35.5. The summed E-state index contributed by atoms with van der Waals surface area (Å²) in [4.78, 5) is 29.5. The minimum absolute atomic E-state index is 0.0114. The number of benzene rings is 1. The van der Waals surface area contributed by atoms with E-state index in [4.69, 9.17) is 16.3 Å². The van der Waals surface area contributed by atoms with E-state index in [1.54, 1.807) is 18.2 Å². The highest BCUT2D eigenvalue weighted by Gasteiger charge is 2.41. The molecule has 2 aromatic rings. The molecule has 1 aromatic heterocycles. The maximum atomic E-state index is 12.7. The molecule has 0 aliphatic heterocycles. The molecule has 3 rings (SSSR count). The average Bonchev–Trinajstić information content (AvgIpc) is 2.55. The molecule has 0 N–H and O–H groups in total. The smallest absolute Gasteiger partial charge is 0.219 e. The van der Waals surface area contributed by atoms with Crippen LogP contribution in [0, 0.1) is 5.41 Å². The van der Waals surface area contributed by atoms with Gasteiger partial charge in [0.1, 0.15) is 23.2 Å². The van der Waals surface area contributed by atoms with Crippen LogP contribution in [-0.2, 0) is 16.0 Å². The van der Waals surface area contributed by atoms with E-state index in [0.29, 0.717) is 29.5 Å². The number of rotatable bonds is 4. The van der Waals surface area contributed by atoms with Crippen molar-refractivity contribution < 1.29 is 14.3 Å². The van der Waals surface area contributed by atoms with Crippen LogP contribution in [0.4, 0.5) is 0 Å². The zero-order valence-corrected chi connectivity index (χ0v) is 16.0. The number of hydrogen-bond acceptors (Lipinski definition) is 4. The van der Waals surface area contributed by atoms with Gasteiger partial charge in [0.2, 0.25) is 5.88 Å². The van der Waals surface area contributed by atoms with Crippen molar-refractivity contribution in [2.24, 2.45) is 5.41 Å². The molecule has 136 valence electrons. The van der Waals surface area contributed by atoms with Crippen molar-refractivity contribution >= 4 is 23.2 Å². The number of Topliss-reactive ketones (excluding diaryl/α,β-unsaturated/α-hetero) is 2. The van der Waals surface area contributed by atoms with E-state index in [0.717, 1.165) is 17.5 Å². The second kappa shape index (κ2) is 7.20. The van der Waals surface area contributed by atoms with Crippen LogP contribution in [-0.4, -0.2) is 16.6 Å². The Morgan fingerprint density at radius 2 is 1.85 bits per heavy atom. The number of aromatic nitrogens is 1. The Hall–Kier alpha value is -2.20. The van der Waals surface area contributed by atoms with Crippen LogP contribution in [0.1, 0.15) is 50.7 Å². The summed E-state index contributed by atoms with van der Waals surface area (Å²) < 4.78 is 5.78. The molecule has 1 fully saturated rings. The maximum absolute atomic E-state index is 12.7. The van der Waals surface area contributed by atoms with Crippen molar-refractivity contribution in [2.75, 3.05) is 0 Å². The molecule has 0 atom stereocenters. The average molecular weight is 372 g/mol. The molecule has 0 saturated heterocycles. The molecule has 0 bridgehead atoms. The summed E-state index contributed by atoms with van der Waals surface area (Å²) in [5.74, 6) is 0.245. The summed E-state index contributed by atoms with van der Waals surface area (Å²) in [6.45, 7) is 5.94. The molecular weight excluding hydrogens is 350 g/mol. The number of hydrogen-bond donors (Lipinski definition) is 0. The number of ketones is 2. The first kappa shape index (κ1) is 18.6. The van der Waals surface area contributed by atoms with Crippen molar-refractivity contribution in [2.45, 2.75) is 46.0 Å². The van der Waals surface area contributed by atoms with Gasteiger partial charge in [-0.25, -0.2) is 4.98 Å². The molecular formula is C21H22ClNO3. The number of aryl methyl sites for hydroxylation is 1. The first-order chi connectivity index (χ1) is 12.3. The molecule has 0 unspecified atom stereocenters. The second-order valence-corrected chi connectivity index (χ2v) is 7.95. The molecule has 1 saturated carbocycles. The molecule has 1 aromatic carbocycles. The quantitative estimate of drug-likeness (QED) is 0.699. The van der Waals surface area contributed by atoms with Crippen LogP contribution >= 0.6 is 11.6 Å². The normalized spacial score (nSPS) is 17.4. The van der Waals surface area contributed by atoms with Gasteiger partial charge in [-0.1, -0.05) is 38.4 Å². The van der Waals surface area contributed by atoms with Gasteiger partial charge >= 0.3 is 0 Å². The van der Waals surface area contributed by atoms with Gasteiger partial charge < -0.3 is 4.74 Å². The first-order valence-corrected chi connectivity index (χ1v) is 9.14. The van der Waals surface area contributed by atoms with E-state index in [-0.39, 0.29) is 17.0 Å². The standard InChI is InChI=1S/C21H22ClNO3/c1-4-13-5-7-15(26-19-8-6-14(22)12-23-19)9-16(13)20-17(24)10-21(2,3)11-18(20)25/h5-9,12,20H,4,10-11H2,1-3H3. The molecule has 0 amide bonds. The predicted octanol–water partition coefficient (Wildman–Crippen LogP) is 5.13. The van der Waals surface area contributed by atoms with Crippen LogP contribution < -0.4 is 4.74 Å². The largest absolute Gasteiger partial charge is 0.439 e. The van der Waals surface area contributed by atoms with E-state index >= 15 is 0 Å². The number of halogens is 1. The van der Waals surface area contributed by atoms with Gasteiger partial charge in [-0.05, 0) is 41.2 Å². The zero-order chi connectivity index (χ0) is 18.9. The van der Waals surface area contributed by atoms with E-state index in [2.05, 4.69) is 4.98 Å². The summed E-state index contributed by atoms with van der Waals surface area (Å²) in [5.41, 5.74) is 1.48. The number of pyridine rings is 1. The van der Waals surface area contributed by atoms with Crippen molar-refractivity contribution in [1.29, 1.82) is 0 Å². The Bertz CT molecular complexity index is 823. The summed E-state index contributed by atoms with van der Waals surface area (Å²) in [7, 11) is 0. The lowest BCUT2D eigenvalue weighted by molar-refractivity contribution is -0.135. The van der Waals surface area contributed by atoms with Gasteiger partial charge in [0.25, 0.3) is 0 Å². The van der Waals surface area contributed by atoms with Crippen molar-refractivity contribution in [1.82, 2.24) is 4.98 Å². The van der Waals surface area contributed by atoms with E-state index in [1.165, 1.54) is 6.20 Å². The lowest BCUT2D eigenvalue weighted by atomic mass is 9.69. The van der Waals surface area contributed by atoms with Crippen molar-refractivity contribution in [3.8, 4) is 11.6 Å². The summed E-state index contributed by atoms with van der Waals surface area (Å²) >= 11 is 5.84. The highest BCUT2D eigenvalue weighted by molar-refractivity contribution is 6.30. The van der Waals surface area contributed by atoms with Gasteiger partial charge in [0.05, 0.1) is 5.02 Å². The second-order valence-electron chi connectivity index (χ2n) is 7.51. The third-order valence-corrected chi connectivity index (χ3v) is 4.91. The van der Waals surface area contributed by atoms with Crippen LogP contribution in [0.3, 0.4) is 0 Å². The fourth-order valence-corrected chi connectivity index (χ4v) is 3.62. The fraction of sp³-hybridized carbons (Fsp3) is 0.381. The van der Waals surface area contributed by atoms with E-state index < -0.39 is 5.92 Å². The van der Waals surface area contributed by atoms with Crippen LogP contribution in [0.15, 0.2) is 36.5 Å². The molecule has 5 heteroatoms. The predicted molar refractivity (Wildman–Crippen MR) is 101 cm³/mol. The summed E-state index contributed by atoms with van der Waals surface area (Å²) in [6, 6.07) is 8.92. The minimum Gasteiger partial charge on any atom is -0.439 e.